The summed E-state index contributed by atoms with van der Waals surface area (Å²) in [7, 11) is 0. The van der Waals surface area contributed by atoms with E-state index in [1.54, 1.807) is 0 Å². The Morgan fingerprint density at radius 3 is 1.33 bits per heavy atom. The Kier molecular flexibility index (Phi) is 6.87. The first-order chi connectivity index (χ1) is 13.8. The molecule has 0 bridgehead atoms. The van der Waals surface area contributed by atoms with E-state index in [-0.39, 0.29) is 0 Å². The molecule has 0 aromatic heterocycles. The van der Waals surface area contributed by atoms with Crippen LogP contribution in [0.1, 0.15) is 34.1 Å². The van der Waals surface area contributed by atoms with Crippen molar-refractivity contribution in [1.29, 1.82) is 0 Å². The number of benzene rings is 2. The second kappa shape index (κ2) is 8.68. The van der Waals surface area contributed by atoms with Gasteiger partial charge >= 0.3 is 12.4 Å². The van der Waals surface area contributed by atoms with Gasteiger partial charge in [0.05, 0.1) is 36.2 Å². The second-order valence-corrected chi connectivity index (χ2v) is 6.35. The van der Waals surface area contributed by atoms with Gasteiger partial charge in [0.25, 0.3) is 0 Å². The Labute approximate surface area is 164 Å². The third-order valence-corrected chi connectivity index (χ3v) is 4.45. The molecule has 0 aliphatic heterocycles. The lowest BCUT2D eigenvalue weighted by atomic mass is 9.83. The van der Waals surface area contributed by atoms with Crippen LogP contribution < -0.4 is 0 Å². The summed E-state index contributed by atoms with van der Waals surface area (Å²) in [6, 6.07) is 3.08. The van der Waals surface area contributed by atoms with E-state index < -0.39 is 77.1 Å². The average Bonchev–Trinajstić information content (AvgIpc) is 2.63. The quantitative estimate of drug-likeness (QED) is 0.652. The van der Waals surface area contributed by atoms with Crippen LogP contribution in [0, 0.1) is 11.6 Å². The van der Waals surface area contributed by atoms with Crippen molar-refractivity contribution < 1.29 is 50.1 Å². The summed E-state index contributed by atoms with van der Waals surface area (Å²) < 4.78 is 104. The number of carbonyl (C=O) groups excluding carboxylic acids is 1. The van der Waals surface area contributed by atoms with Crippen LogP contribution in [-0.2, 0) is 17.1 Å². The zero-order valence-electron chi connectivity index (χ0n) is 14.9. The highest BCUT2D eigenvalue weighted by Crippen LogP contribution is 2.36. The number of halogens is 8. The summed E-state index contributed by atoms with van der Waals surface area (Å²) in [6.45, 7) is -2.13. The minimum Gasteiger partial charge on any atom is -0.395 e. The van der Waals surface area contributed by atoms with Gasteiger partial charge in [-0.3, -0.25) is 4.79 Å². The maximum atomic E-state index is 13.5. The van der Waals surface area contributed by atoms with Crippen molar-refractivity contribution in [2.45, 2.75) is 24.2 Å². The molecule has 0 saturated carbocycles. The summed E-state index contributed by atoms with van der Waals surface area (Å²) in [6.07, 6.45) is -10.2. The predicted octanol–water partition coefficient (Wildman–Crippen LogP) is 4.42. The first kappa shape index (κ1) is 23.7. The van der Waals surface area contributed by atoms with Gasteiger partial charge in [0, 0.05) is 0 Å². The lowest BCUT2D eigenvalue weighted by molar-refractivity contribution is -0.140. The van der Waals surface area contributed by atoms with Crippen LogP contribution in [0.2, 0.25) is 0 Å². The molecule has 2 aromatic carbocycles. The van der Waals surface area contributed by atoms with Crippen molar-refractivity contribution >= 4 is 5.78 Å². The van der Waals surface area contributed by atoms with E-state index in [2.05, 4.69) is 0 Å². The summed E-state index contributed by atoms with van der Waals surface area (Å²) in [5.74, 6) is -7.78. The minimum atomic E-state index is -5.10. The highest BCUT2D eigenvalue weighted by atomic mass is 19.4. The number of Topliss-reactive ketones (excluding diaryl/α,β-unsaturated/α-hetero) is 1. The molecule has 0 fully saturated rings. The fourth-order valence-electron chi connectivity index (χ4n) is 2.92. The summed E-state index contributed by atoms with van der Waals surface area (Å²) in [4.78, 5) is 12.7. The van der Waals surface area contributed by atoms with Crippen LogP contribution >= 0.6 is 0 Å². The number of aliphatic hydroxyl groups excluding tert-OH is 2. The molecule has 0 radical (unpaired) electrons. The number of hydrogen-bond donors (Lipinski definition) is 2. The first-order valence-electron chi connectivity index (χ1n) is 8.30. The van der Waals surface area contributed by atoms with Crippen LogP contribution in [0.4, 0.5) is 35.1 Å². The third kappa shape index (κ3) is 4.96. The molecule has 2 aromatic rings. The fourth-order valence-corrected chi connectivity index (χ4v) is 2.92. The zero-order valence-corrected chi connectivity index (χ0v) is 14.9. The van der Waals surface area contributed by atoms with E-state index in [0.29, 0.717) is 24.3 Å². The van der Waals surface area contributed by atoms with Gasteiger partial charge in [0.1, 0.15) is 11.6 Å². The zero-order chi connectivity index (χ0) is 22.9. The molecule has 2 unspecified atom stereocenters. The molecule has 30 heavy (non-hydrogen) atoms. The molecule has 2 rings (SSSR count). The molecule has 0 spiro atoms. The fraction of sp³-hybridized carbons (Fsp3) is 0.316. The van der Waals surface area contributed by atoms with Gasteiger partial charge in [-0.15, -0.1) is 0 Å². The van der Waals surface area contributed by atoms with Gasteiger partial charge in [-0.1, -0.05) is 12.1 Å². The van der Waals surface area contributed by atoms with Crippen molar-refractivity contribution in [2.75, 3.05) is 13.2 Å². The van der Waals surface area contributed by atoms with Crippen LogP contribution in [-0.4, -0.2) is 29.2 Å². The van der Waals surface area contributed by atoms with Gasteiger partial charge in [0.2, 0.25) is 0 Å². The largest absolute Gasteiger partial charge is 0.419 e. The summed E-state index contributed by atoms with van der Waals surface area (Å²) in [5.41, 5.74) is -4.30. The summed E-state index contributed by atoms with van der Waals surface area (Å²) >= 11 is 0. The Morgan fingerprint density at radius 2 is 1.07 bits per heavy atom. The van der Waals surface area contributed by atoms with Gasteiger partial charge in [0.15, 0.2) is 5.78 Å². The van der Waals surface area contributed by atoms with Crippen molar-refractivity contribution in [2.24, 2.45) is 0 Å². The van der Waals surface area contributed by atoms with Crippen molar-refractivity contribution in [3.63, 3.8) is 0 Å². The van der Waals surface area contributed by atoms with E-state index in [1.807, 2.05) is 0 Å². The lowest BCUT2D eigenvalue weighted by Crippen LogP contribution is -2.26. The molecule has 0 aliphatic carbocycles. The molecular formula is C19H14F8O3. The number of alkyl halides is 6. The Balaban J connectivity index is 2.48. The Bertz CT molecular complexity index is 847. The van der Waals surface area contributed by atoms with E-state index in [0.717, 1.165) is 12.1 Å². The van der Waals surface area contributed by atoms with Gasteiger partial charge in [-0.25, -0.2) is 8.78 Å². The SMILES string of the molecule is O=C(C(CO)c1ccc(F)c(C(F)(F)F)c1)C(CO)c1ccc(F)c(C(F)(F)F)c1. The maximum Gasteiger partial charge on any atom is 0.419 e. The predicted molar refractivity (Wildman–Crippen MR) is 87.5 cm³/mol. The minimum absolute atomic E-state index is 0.300. The second-order valence-electron chi connectivity index (χ2n) is 6.35. The molecular weight excluding hydrogens is 428 g/mol. The van der Waals surface area contributed by atoms with Crippen LogP contribution in [0.5, 0.6) is 0 Å². The highest BCUT2D eigenvalue weighted by Gasteiger charge is 2.38. The molecule has 11 heteroatoms. The molecule has 3 nitrogen and oxygen atoms in total. The van der Waals surface area contributed by atoms with Crippen molar-refractivity contribution in [3.8, 4) is 0 Å². The topological polar surface area (TPSA) is 57.5 Å². The maximum absolute atomic E-state index is 13.5. The molecule has 0 aliphatic rings. The van der Waals surface area contributed by atoms with Gasteiger partial charge in [-0.2, -0.15) is 26.3 Å². The van der Waals surface area contributed by atoms with Crippen LogP contribution in [0.25, 0.3) is 0 Å². The number of carbonyl (C=O) groups is 1. The Hall–Kier alpha value is -2.53. The molecule has 2 N–H and O–H groups in total. The number of ketones is 1. The normalized spacial score (nSPS) is 14.5. The molecule has 0 amide bonds. The average molecular weight is 442 g/mol. The monoisotopic (exact) mass is 442 g/mol. The number of aliphatic hydroxyl groups is 2. The third-order valence-electron chi connectivity index (χ3n) is 4.45. The van der Waals surface area contributed by atoms with Crippen LogP contribution in [0.3, 0.4) is 0 Å². The molecule has 0 saturated heterocycles. The molecule has 2 atom stereocenters. The van der Waals surface area contributed by atoms with E-state index in [9.17, 15) is 50.1 Å². The van der Waals surface area contributed by atoms with Gasteiger partial charge < -0.3 is 10.2 Å². The van der Waals surface area contributed by atoms with Crippen molar-refractivity contribution in [3.05, 3.63) is 70.3 Å². The van der Waals surface area contributed by atoms with Crippen molar-refractivity contribution in [1.82, 2.24) is 0 Å². The highest BCUT2D eigenvalue weighted by molar-refractivity contribution is 5.92. The standard InChI is InChI=1S/C19H14F8O3/c20-15-3-1-9(5-13(15)18(22,23)24)11(7-28)17(30)12(8-29)10-2-4-16(21)14(6-10)19(25,26)27/h1-6,11-12,28-29H,7-8H2. The van der Waals surface area contributed by atoms with Gasteiger partial charge in [-0.05, 0) is 35.4 Å². The number of hydrogen-bond acceptors (Lipinski definition) is 3. The lowest BCUT2D eigenvalue weighted by Gasteiger charge is -2.22. The van der Waals surface area contributed by atoms with Crippen LogP contribution in [0.15, 0.2) is 36.4 Å². The van der Waals surface area contributed by atoms with E-state index in [4.69, 9.17) is 0 Å². The Morgan fingerprint density at radius 1 is 0.733 bits per heavy atom. The molecule has 0 heterocycles. The smallest absolute Gasteiger partial charge is 0.395 e. The molecule has 164 valence electrons. The summed E-state index contributed by atoms with van der Waals surface area (Å²) in [5, 5.41) is 19.0. The first-order valence-corrected chi connectivity index (χ1v) is 8.30. The number of rotatable bonds is 6. The van der Waals surface area contributed by atoms with E-state index in [1.165, 1.54) is 0 Å². The van der Waals surface area contributed by atoms with E-state index >= 15 is 0 Å².